The van der Waals surface area contributed by atoms with Crippen LogP contribution in [0.25, 0.3) is 10.2 Å². The second-order valence-corrected chi connectivity index (χ2v) is 23.1. The summed E-state index contributed by atoms with van der Waals surface area (Å²) >= 11 is 2.20. The van der Waals surface area contributed by atoms with E-state index in [1.807, 2.05) is 13.8 Å². The fourth-order valence-corrected chi connectivity index (χ4v) is 16.8. The van der Waals surface area contributed by atoms with Crippen molar-refractivity contribution in [2.75, 3.05) is 57.4 Å². The van der Waals surface area contributed by atoms with Gasteiger partial charge < -0.3 is 5.73 Å². The van der Waals surface area contributed by atoms with E-state index in [0.29, 0.717) is 0 Å². The Bertz CT molecular complexity index is 1070. The third-order valence-corrected chi connectivity index (χ3v) is 19.3. The number of ether oxygens (including phenoxy) is 1. The van der Waals surface area contributed by atoms with Gasteiger partial charge in [0.25, 0.3) is 0 Å². The van der Waals surface area contributed by atoms with E-state index in [1.165, 1.54) is 70.6 Å². The SMILES string of the molecule is CC(C)(C(N)=O)N1CCN(Cc2cc3n[c]([Sn])nc(N4CCOCC4)c3s2)CC1.CCC[CH2][Sn]([CH2]CCC)[CH2]CCC. The molecule has 4 radical (unpaired) electrons. The number of anilines is 1. The Hall–Kier alpha value is -0.213. The third-order valence-electron chi connectivity index (χ3n) is 8.51. The number of morpholine rings is 1. The molecule has 2 N–H and O–H groups in total. The van der Waals surface area contributed by atoms with Gasteiger partial charge in [0.15, 0.2) is 0 Å². The van der Waals surface area contributed by atoms with Crippen molar-refractivity contribution in [3.05, 3.63) is 10.9 Å². The minimum atomic E-state index is -0.839. The first-order chi connectivity index (χ1) is 20.2. The number of aromatic nitrogens is 2. The van der Waals surface area contributed by atoms with Crippen molar-refractivity contribution in [1.82, 2.24) is 19.8 Å². The Morgan fingerprint density at radius 1 is 0.976 bits per heavy atom. The summed E-state index contributed by atoms with van der Waals surface area (Å²) in [5, 5.41) is 0. The van der Waals surface area contributed by atoms with Gasteiger partial charge in [-0.1, -0.05) is 0 Å². The zero-order valence-corrected chi connectivity index (χ0v) is 33.4. The molecule has 0 saturated carbocycles. The molecule has 0 aromatic carbocycles. The Labute approximate surface area is 279 Å². The summed E-state index contributed by atoms with van der Waals surface area (Å²) in [4.78, 5) is 29.5. The molecule has 1 amide bonds. The van der Waals surface area contributed by atoms with Crippen LogP contribution >= 0.6 is 11.3 Å². The number of carbonyl (C=O) groups excluding carboxylic acids is 1. The number of carbonyl (C=O) groups is 1. The molecule has 8 nitrogen and oxygen atoms in total. The van der Waals surface area contributed by atoms with E-state index in [9.17, 15) is 4.79 Å². The first-order valence-corrected chi connectivity index (χ1v) is 24.4. The number of rotatable bonds is 14. The molecule has 0 bridgehead atoms. The molecular formula is C31H54N6O2SSn2. The first kappa shape index (κ1) is 36.3. The zero-order valence-electron chi connectivity index (χ0n) is 26.8. The van der Waals surface area contributed by atoms with Crippen LogP contribution in [0.5, 0.6) is 0 Å². The van der Waals surface area contributed by atoms with Crippen molar-refractivity contribution in [2.24, 2.45) is 5.73 Å². The predicted octanol–water partition coefficient (Wildman–Crippen LogP) is 4.58. The van der Waals surface area contributed by atoms with E-state index in [1.54, 1.807) is 24.6 Å². The summed E-state index contributed by atoms with van der Waals surface area (Å²) in [6, 6.07) is 2.22. The molecule has 11 heteroatoms. The number of fused-ring (bicyclic) bond motifs is 1. The fourth-order valence-electron chi connectivity index (χ4n) is 5.53. The average molecular weight is 812 g/mol. The van der Waals surface area contributed by atoms with Gasteiger partial charge in [0, 0.05) is 0 Å². The van der Waals surface area contributed by atoms with Crippen LogP contribution in [-0.2, 0) is 16.1 Å². The molecule has 42 heavy (non-hydrogen) atoms. The molecule has 2 fully saturated rings. The Kier molecular flexibility index (Phi) is 16.1. The van der Waals surface area contributed by atoms with Crippen molar-refractivity contribution in [1.29, 1.82) is 0 Å². The van der Waals surface area contributed by atoms with Crippen LogP contribution in [0, 0.1) is 0 Å². The number of nitrogens with zero attached hydrogens (tertiary/aromatic N) is 5. The van der Waals surface area contributed by atoms with Gasteiger partial charge in [-0.3, -0.25) is 4.79 Å². The second-order valence-electron chi connectivity index (χ2n) is 12.1. The number of hydrogen-bond acceptors (Lipinski definition) is 8. The van der Waals surface area contributed by atoms with Crippen LogP contribution < -0.4 is 14.5 Å². The standard InChI is InChI=1S/C19H27N6O2S.3C4H9.2Sn/c1-19(2,18(20)26)25-5-3-23(4-6-25)12-14-11-15-16(28-14)17(22-13-21-15)24-7-9-27-10-8-24;3*1-3-4-2;;/h11H,3-10,12H2,1-2H3,(H2,20,26);3*1,3-4H2,2H3;;. The topological polar surface area (TPSA) is 87.8 Å². The van der Waals surface area contributed by atoms with Crippen LogP contribution in [0.1, 0.15) is 78.0 Å². The maximum absolute atomic E-state index is 11.7. The number of nitrogens with two attached hydrogens (primary N) is 1. The van der Waals surface area contributed by atoms with Gasteiger partial charge >= 0.3 is 271 Å². The van der Waals surface area contributed by atoms with E-state index in [4.69, 9.17) is 20.4 Å². The van der Waals surface area contributed by atoms with Crippen molar-refractivity contribution in [2.45, 2.75) is 98.5 Å². The summed E-state index contributed by atoms with van der Waals surface area (Å²) in [6.45, 7) is 18.5. The second kappa shape index (κ2) is 18.7. The van der Waals surface area contributed by atoms with Gasteiger partial charge in [0.1, 0.15) is 0 Å². The molecule has 2 aromatic heterocycles. The molecule has 0 unspecified atom stereocenters. The third kappa shape index (κ3) is 11.0. The summed E-state index contributed by atoms with van der Waals surface area (Å²) in [6.07, 6.45) is 8.85. The summed E-state index contributed by atoms with van der Waals surface area (Å²) < 4.78 is 12.6. The van der Waals surface area contributed by atoms with Gasteiger partial charge in [0.05, 0.1) is 0 Å². The van der Waals surface area contributed by atoms with Gasteiger partial charge in [-0.25, -0.2) is 0 Å². The normalized spacial score (nSPS) is 17.1. The Morgan fingerprint density at radius 3 is 2.07 bits per heavy atom. The number of hydrogen-bond donors (Lipinski definition) is 1. The number of primary amides is 1. The minimum absolute atomic E-state index is 0.262. The Balaban J connectivity index is 0.000000316. The molecule has 2 saturated heterocycles. The number of piperazine rings is 1. The molecule has 2 aromatic rings. The molecule has 2 aliphatic rings. The van der Waals surface area contributed by atoms with Gasteiger partial charge in [-0.05, 0) is 0 Å². The average Bonchev–Trinajstić information content (AvgIpc) is 3.39. The van der Waals surface area contributed by atoms with Crippen molar-refractivity contribution in [3.8, 4) is 0 Å². The summed E-state index contributed by atoms with van der Waals surface area (Å²) in [5.74, 6) is 0.803. The van der Waals surface area contributed by atoms with Crippen LogP contribution in [-0.4, -0.2) is 126 Å². The summed E-state index contributed by atoms with van der Waals surface area (Å²) in [5.41, 5.74) is 6.04. The van der Waals surface area contributed by atoms with Crippen molar-refractivity contribution < 1.29 is 9.53 Å². The predicted molar refractivity (Wildman–Crippen MR) is 181 cm³/mol. The zero-order chi connectivity index (χ0) is 30.5. The molecule has 4 rings (SSSR count). The van der Waals surface area contributed by atoms with Crippen LogP contribution in [0.2, 0.25) is 13.3 Å². The molecule has 0 aliphatic carbocycles. The molecule has 4 heterocycles. The first-order valence-electron chi connectivity index (χ1n) is 16.1. The van der Waals surface area contributed by atoms with Crippen LogP contribution in [0.3, 0.4) is 0 Å². The van der Waals surface area contributed by atoms with Gasteiger partial charge in [-0.15, -0.1) is 0 Å². The van der Waals surface area contributed by atoms with E-state index in [0.717, 1.165) is 74.2 Å². The number of thiophene rings is 1. The van der Waals surface area contributed by atoms with Crippen LogP contribution in [0.15, 0.2) is 6.07 Å². The Morgan fingerprint density at radius 2 is 1.55 bits per heavy atom. The molecule has 2 aliphatic heterocycles. The van der Waals surface area contributed by atoms with Crippen molar-refractivity contribution in [3.63, 3.8) is 0 Å². The molecule has 0 spiro atoms. The number of unbranched alkanes of at least 4 members (excludes halogenated alkanes) is 3. The van der Waals surface area contributed by atoms with E-state index in [2.05, 4.69) is 41.5 Å². The maximum atomic E-state index is 11.7. The molecular weight excluding hydrogens is 758 g/mol. The quantitative estimate of drug-likeness (QED) is 0.280. The molecule has 234 valence electrons. The molecule has 0 atom stereocenters. The van der Waals surface area contributed by atoms with E-state index in [-0.39, 0.29) is 5.91 Å². The van der Waals surface area contributed by atoms with E-state index < -0.39 is 25.3 Å². The van der Waals surface area contributed by atoms with Crippen LogP contribution in [0.4, 0.5) is 5.82 Å². The summed E-state index contributed by atoms with van der Waals surface area (Å²) in [7, 11) is 0. The number of amides is 1. The monoisotopic (exact) mass is 814 g/mol. The fraction of sp³-hybridized carbons (Fsp3) is 0.774. The van der Waals surface area contributed by atoms with Gasteiger partial charge in [0.2, 0.25) is 0 Å². The van der Waals surface area contributed by atoms with Gasteiger partial charge in [-0.2, -0.15) is 0 Å². The van der Waals surface area contributed by atoms with E-state index >= 15 is 0 Å². The van der Waals surface area contributed by atoms with Crippen molar-refractivity contribution >= 4 is 79.4 Å².